The van der Waals surface area contributed by atoms with Crippen LogP contribution in [0.25, 0.3) is 0 Å². The highest BCUT2D eigenvalue weighted by molar-refractivity contribution is 6.42. The first-order valence-electron chi connectivity index (χ1n) is 3.32. The molecule has 2 nitrogen and oxygen atoms in total. The number of hydrogen-bond donors (Lipinski definition) is 1. The summed E-state index contributed by atoms with van der Waals surface area (Å²) in [6.45, 7) is 0. The van der Waals surface area contributed by atoms with Gasteiger partial charge in [0.2, 0.25) is 0 Å². The van der Waals surface area contributed by atoms with E-state index in [1.165, 1.54) is 0 Å². The predicted molar refractivity (Wildman–Crippen MR) is 39.0 cm³/mol. The Morgan fingerprint density at radius 3 is 2.60 bits per heavy atom. The third kappa shape index (κ3) is 1.51. The number of allylic oxidation sites excluding steroid dienone is 2. The van der Waals surface area contributed by atoms with E-state index in [1.807, 2.05) is 0 Å². The van der Waals surface area contributed by atoms with Gasteiger partial charge in [-0.3, -0.25) is 4.79 Å². The lowest BCUT2D eigenvalue weighted by molar-refractivity contribution is -0.115. The van der Waals surface area contributed by atoms with Gasteiger partial charge in [-0.05, 0) is 12.8 Å². The van der Waals surface area contributed by atoms with Crippen molar-refractivity contribution in [3.8, 4) is 0 Å². The molecule has 0 bridgehead atoms. The van der Waals surface area contributed by atoms with Crippen LogP contribution >= 0.6 is 11.6 Å². The molecular formula is C7H9ClO2. The van der Waals surface area contributed by atoms with Crippen molar-refractivity contribution in [2.45, 2.75) is 25.7 Å². The Bertz CT molecular complexity index is 184. The van der Waals surface area contributed by atoms with Crippen molar-refractivity contribution in [3.63, 3.8) is 0 Å². The van der Waals surface area contributed by atoms with Crippen LogP contribution in [0, 0.1) is 0 Å². The number of rotatable bonds is 0. The zero-order valence-corrected chi connectivity index (χ0v) is 6.32. The topological polar surface area (TPSA) is 37.3 Å². The monoisotopic (exact) mass is 160 g/mol. The highest BCUT2D eigenvalue weighted by Gasteiger charge is 2.15. The van der Waals surface area contributed by atoms with Crippen LogP contribution in [0.2, 0.25) is 0 Å². The first-order valence-corrected chi connectivity index (χ1v) is 3.70. The van der Waals surface area contributed by atoms with Crippen LogP contribution in [0.1, 0.15) is 25.7 Å². The van der Waals surface area contributed by atoms with Gasteiger partial charge in [0.1, 0.15) is 10.8 Å². The molecule has 1 N–H and O–H groups in total. The van der Waals surface area contributed by atoms with Crippen LogP contribution in [-0.4, -0.2) is 10.9 Å². The summed E-state index contributed by atoms with van der Waals surface area (Å²) in [4.78, 5) is 10.9. The number of Topliss-reactive ketones (excluding diaryl/α,β-unsaturated/α-hetero) is 1. The lowest BCUT2D eigenvalue weighted by Gasteiger charge is -1.94. The fraction of sp³-hybridized carbons (Fsp3) is 0.571. The Labute approximate surface area is 64.5 Å². The van der Waals surface area contributed by atoms with Gasteiger partial charge in [0.15, 0.2) is 5.78 Å². The summed E-state index contributed by atoms with van der Waals surface area (Å²) in [5.41, 5.74) is 0. The van der Waals surface area contributed by atoms with Crippen LogP contribution < -0.4 is 0 Å². The summed E-state index contributed by atoms with van der Waals surface area (Å²) in [5.74, 6) is -0.0687. The number of aliphatic hydroxyl groups is 1. The van der Waals surface area contributed by atoms with E-state index in [-0.39, 0.29) is 16.6 Å². The first-order chi connectivity index (χ1) is 4.72. The third-order valence-electron chi connectivity index (χ3n) is 1.57. The van der Waals surface area contributed by atoms with Gasteiger partial charge >= 0.3 is 0 Å². The Balaban J connectivity index is 2.79. The molecule has 0 spiro atoms. The predicted octanol–water partition coefficient (Wildman–Crippen LogP) is 2.14. The second kappa shape index (κ2) is 3.06. The van der Waals surface area contributed by atoms with Gasteiger partial charge in [0.05, 0.1) is 0 Å². The van der Waals surface area contributed by atoms with Gasteiger partial charge in [-0.1, -0.05) is 11.6 Å². The Morgan fingerprint density at radius 1 is 1.30 bits per heavy atom. The van der Waals surface area contributed by atoms with Crippen molar-refractivity contribution in [2.75, 3.05) is 0 Å². The molecule has 0 radical (unpaired) electrons. The van der Waals surface area contributed by atoms with E-state index >= 15 is 0 Å². The molecule has 0 heterocycles. The molecule has 3 heteroatoms. The number of halogens is 1. The summed E-state index contributed by atoms with van der Waals surface area (Å²) in [6, 6.07) is 0. The van der Waals surface area contributed by atoms with Crippen LogP contribution in [0.4, 0.5) is 0 Å². The quantitative estimate of drug-likeness (QED) is 0.590. The SMILES string of the molecule is O=C1CCCCC(O)=C1Cl. The minimum Gasteiger partial charge on any atom is -0.511 e. The molecule has 0 aromatic rings. The van der Waals surface area contributed by atoms with E-state index in [0.717, 1.165) is 12.8 Å². The van der Waals surface area contributed by atoms with Crippen molar-refractivity contribution in [1.29, 1.82) is 0 Å². The number of carbonyl (C=O) groups is 1. The lowest BCUT2D eigenvalue weighted by Crippen LogP contribution is -1.96. The van der Waals surface area contributed by atoms with E-state index < -0.39 is 0 Å². The van der Waals surface area contributed by atoms with E-state index in [2.05, 4.69) is 0 Å². The standard InChI is InChI=1S/C7H9ClO2/c8-7-5(9)3-1-2-4-6(7)10/h9H,1-4H2. The Hall–Kier alpha value is -0.500. The molecule has 0 aliphatic heterocycles. The van der Waals surface area contributed by atoms with Crippen LogP contribution in [0.3, 0.4) is 0 Å². The second-order valence-electron chi connectivity index (χ2n) is 2.39. The molecule has 0 unspecified atom stereocenters. The van der Waals surface area contributed by atoms with Gasteiger partial charge in [-0.25, -0.2) is 0 Å². The summed E-state index contributed by atoms with van der Waals surface area (Å²) in [5, 5.41) is 9.09. The van der Waals surface area contributed by atoms with Crippen molar-refractivity contribution >= 4 is 17.4 Å². The minimum absolute atomic E-state index is 0.0394. The van der Waals surface area contributed by atoms with Crippen LogP contribution in [-0.2, 0) is 4.79 Å². The van der Waals surface area contributed by atoms with E-state index in [4.69, 9.17) is 16.7 Å². The molecule has 0 aromatic carbocycles. The molecule has 0 aromatic heterocycles. The number of aliphatic hydroxyl groups excluding tert-OH is 1. The van der Waals surface area contributed by atoms with Gasteiger partial charge < -0.3 is 5.11 Å². The average molecular weight is 161 g/mol. The van der Waals surface area contributed by atoms with E-state index in [1.54, 1.807) is 0 Å². The summed E-state index contributed by atoms with van der Waals surface area (Å²) < 4.78 is 0. The van der Waals surface area contributed by atoms with Crippen molar-refractivity contribution in [2.24, 2.45) is 0 Å². The summed E-state index contributed by atoms with van der Waals surface area (Å²) in [6.07, 6.45) is 2.71. The van der Waals surface area contributed by atoms with Gasteiger partial charge in [0, 0.05) is 12.8 Å². The van der Waals surface area contributed by atoms with Crippen LogP contribution in [0.5, 0.6) is 0 Å². The second-order valence-corrected chi connectivity index (χ2v) is 2.77. The molecular weight excluding hydrogens is 152 g/mol. The zero-order chi connectivity index (χ0) is 7.56. The average Bonchev–Trinajstić information content (AvgIpc) is 2.04. The maximum absolute atomic E-state index is 10.9. The summed E-state index contributed by atoms with van der Waals surface area (Å²) in [7, 11) is 0. The van der Waals surface area contributed by atoms with Crippen molar-refractivity contribution in [1.82, 2.24) is 0 Å². The third-order valence-corrected chi connectivity index (χ3v) is 1.99. The molecule has 0 saturated heterocycles. The molecule has 1 rings (SSSR count). The fourth-order valence-corrected chi connectivity index (χ4v) is 1.15. The molecule has 0 fully saturated rings. The number of ketones is 1. The molecule has 0 amide bonds. The van der Waals surface area contributed by atoms with Crippen molar-refractivity contribution in [3.05, 3.63) is 10.8 Å². The first kappa shape index (κ1) is 7.61. The smallest absolute Gasteiger partial charge is 0.177 e. The maximum Gasteiger partial charge on any atom is 0.177 e. The largest absolute Gasteiger partial charge is 0.511 e. The van der Waals surface area contributed by atoms with E-state index in [0.29, 0.717) is 12.8 Å². The van der Waals surface area contributed by atoms with Gasteiger partial charge in [0.25, 0.3) is 0 Å². The van der Waals surface area contributed by atoms with Gasteiger partial charge in [-0.15, -0.1) is 0 Å². The highest BCUT2D eigenvalue weighted by atomic mass is 35.5. The number of carbonyl (C=O) groups excluding carboxylic acids is 1. The lowest BCUT2D eigenvalue weighted by atomic mass is 10.2. The number of hydrogen-bond acceptors (Lipinski definition) is 2. The zero-order valence-electron chi connectivity index (χ0n) is 5.56. The Morgan fingerprint density at radius 2 is 1.90 bits per heavy atom. The Kier molecular flexibility index (Phi) is 2.33. The molecule has 0 atom stereocenters. The molecule has 1 aliphatic rings. The molecule has 0 saturated carbocycles. The van der Waals surface area contributed by atoms with Crippen molar-refractivity contribution < 1.29 is 9.90 Å². The normalized spacial score (nSPS) is 21.1. The van der Waals surface area contributed by atoms with Crippen LogP contribution in [0.15, 0.2) is 10.8 Å². The highest BCUT2D eigenvalue weighted by Crippen LogP contribution is 2.21. The van der Waals surface area contributed by atoms with E-state index in [9.17, 15) is 4.79 Å². The maximum atomic E-state index is 10.9. The van der Waals surface area contributed by atoms with Gasteiger partial charge in [-0.2, -0.15) is 0 Å². The fourth-order valence-electron chi connectivity index (χ4n) is 0.958. The molecule has 10 heavy (non-hydrogen) atoms. The molecule has 1 aliphatic carbocycles. The summed E-state index contributed by atoms with van der Waals surface area (Å²) >= 11 is 5.50. The molecule has 56 valence electrons. The minimum atomic E-state index is -0.128.